The summed E-state index contributed by atoms with van der Waals surface area (Å²) < 4.78 is 0. The van der Waals surface area contributed by atoms with Crippen LogP contribution in [0.25, 0.3) is 0 Å². The highest BCUT2D eigenvalue weighted by Gasteiger charge is 2.21. The molecule has 0 aliphatic rings. The van der Waals surface area contributed by atoms with Crippen molar-refractivity contribution in [3.8, 4) is 0 Å². The van der Waals surface area contributed by atoms with Gasteiger partial charge in [-0.1, -0.05) is 45.9 Å². The van der Waals surface area contributed by atoms with Crippen molar-refractivity contribution < 1.29 is 0 Å². The zero-order valence-electron chi connectivity index (χ0n) is 12.9. The molecule has 0 radical (unpaired) electrons. The minimum atomic E-state index is 0.427. The maximum Gasteiger partial charge on any atom is 0.00719 e. The van der Waals surface area contributed by atoms with E-state index in [0.717, 1.165) is 19.0 Å². The predicted molar refractivity (Wildman–Crippen MR) is 87.9 cm³/mol. The number of benzene rings is 1. The van der Waals surface area contributed by atoms with E-state index in [1.807, 2.05) is 11.8 Å². The van der Waals surface area contributed by atoms with Crippen LogP contribution in [-0.2, 0) is 0 Å². The molecule has 1 N–H and O–H groups in total. The van der Waals surface area contributed by atoms with Gasteiger partial charge in [0.2, 0.25) is 0 Å². The summed E-state index contributed by atoms with van der Waals surface area (Å²) >= 11 is 1.97. The molecular formula is C17H29NS. The fraction of sp³-hybridized carbons (Fsp3) is 0.647. The number of nitrogens with one attached hydrogen (secondary N) is 1. The van der Waals surface area contributed by atoms with E-state index in [-0.39, 0.29) is 0 Å². The molecule has 1 atom stereocenters. The second-order valence-electron chi connectivity index (χ2n) is 6.10. The molecule has 1 nitrogen and oxygen atoms in total. The lowest BCUT2D eigenvalue weighted by molar-refractivity contribution is 0.279. The Balaban J connectivity index is 2.30. The topological polar surface area (TPSA) is 12.0 Å². The average Bonchev–Trinajstić information content (AvgIpc) is 2.39. The average molecular weight is 279 g/mol. The molecule has 0 amide bonds. The minimum absolute atomic E-state index is 0.427. The maximum atomic E-state index is 3.62. The number of hydrogen-bond donors (Lipinski definition) is 1. The van der Waals surface area contributed by atoms with Crippen molar-refractivity contribution in [2.75, 3.05) is 18.8 Å². The van der Waals surface area contributed by atoms with E-state index in [1.54, 1.807) is 0 Å². The van der Waals surface area contributed by atoms with Gasteiger partial charge < -0.3 is 5.32 Å². The Kier molecular flexibility index (Phi) is 7.55. The molecule has 0 bridgehead atoms. The number of rotatable bonds is 9. The van der Waals surface area contributed by atoms with Crippen molar-refractivity contribution >= 4 is 11.8 Å². The Labute approximate surface area is 123 Å². The number of hydrogen-bond acceptors (Lipinski definition) is 2. The quantitative estimate of drug-likeness (QED) is 0.650. The Morgan fingerprint density at radius 2 is 1.89 bits per heavy atom. The van der Waals surface area contributed by atoms with Crippen molar-refractivity contribution in [1.82, 2.24) is 5.32 Å². The van der Waals surface area contributed by atoms with Crippen molar-refractivity contribution in [1.29, 1.82) is 0 Å². The molecular weight excluding hydrogens is 250 g/mol. The molecule has 1 unspecified atom stereocenters. The first-order valence-electron chi connectivity index (χ1n) is 7.44. The third-order valence-corrected chi connectivity index (χ3v) is 4.69. The normalized spacial score (nSPS) is 14.6. The molecule has 19 heavy (non-hydrogen) atoms. The first-order chi connectivity index (χ1) is 9.06. The lowest BCUT2D eigenvalue weighted by Crippen LogP contribution is -2.33. The Morgan fingerprint density at radius 1 is 1.21 bits per heavy atom. The van der Waals surface area contributed by atoms with Crippen LogP contribution >= 0.6 is 11.8 Å². The molecule has 0 aliphatic carbocycles. The molecule has 1 aromatic carbocycles. The van der Waals surface area contributed by atoms with Crippen LogP contribution in [-0.4, -0.2) is 18.8 Å². The van der Waals surface area contributed by atoms with E-state index in [1.165, 1.54) is 23.5 Å². The highest BCUT2D eigenvalue weighted by Crippen LogP contribution is 2.29. The standard InChI is InChI=1S/C17H29NS/c1-5-17(4,14-18-13-15(2)3)11-12-19-16-9-7-6-8-10-16/h6-10,15,18H,5,11-14H2,1-4H3. The van der Waals surface area contributed by atoms with Crippen molar-refractivity contribution in [3.05, 3.63) is 30.3 Å². The van der Waals surface area contributed by atoms with Gasteiger partial charge in [-0.15, -0.1) is 11.8 Å². The second-order valence-corrected chi connectivity index (χ2v) is 7.27. The highest BCUT2D eigenvalue weighted by atomic mass is 32.2. The summed E-state index contributed by atoms with van der Waals surface area (Å²) in [7, 11) is 0. The van der Waals surface area contributed by atoms with Crippen LogP contribution in [0.5, 0.6) is 0 Å². The van der Waals surface area contributed by atoms with Crippen LogP contribution in [0.3, 0.4) is 0 Å². The van der Waals surface area contributed by atoms with Gasteiger partial charge in [0.15, 0.2) is 0 Å². The van der Waals surface area contributed by atoms with Crippen molar-refractivity contribution in [2.45, 2.75) is 45.4 Å². The molecule has 0 saturated carbocycles. The van der Waals surface area contributed by atoms with E-state index < -0.39 is 0 Å². The van der Waals surface area contributed by atoms with E-state index in [9.17, 15) is 0 Å². The van der Waals surface area contributed by atoms with Gasteiger partial charge in [-0.05, 0) is 48.6 Å². The van der Waals surface area contributed by atoms with Gasteiger partial charge in [0.1, 0.15) is 0 Å². The van der Waals surface area contributed by atoms with Crippen LogP contribution in [0.4, 0.5) is 0 Å². The van der Waals surface area contributed by atoms with Crippen molar-refractivity contribution in [3.63, 3.8) is 0 Å². The fourth-order valence-electron chi connectivity index (χ4n) is 1.98. The SMILES string of the molecule is CCC(C)(CCSc1ccccc1)CNCC(C)C. The number of thioether (sulfide) groups is 1. The summed E-state index contributed by atoms with van der Waals surface area (Å²) in [5.41, 5.74) is 0.427. The molecule has 1 rings (SSSR count). The van der Waals surface area contributed by atoms with Gasteiger partial charge in [-0.3, -0.25) is 0 Å². The summed E-state index contributed by atoms with van der Waals surface area (Å²) in [6.45, 7) is 11.5. The molecule has 0 aliphatic heterocycles. The van der Waals surface area contributed by atoms with Gasteiger partial charge in [0, 0.05) is 11.4 Å². The summed E-state index contributed by atoms with van der Waals surface area (Å²) in [5.74, 6) is 1.94. The molecule has 0 spiro atoms. The van der Waals surface area contributed by atoms with Gasteiger partial charge in [0.05, 0.1) is 0 Å². The highest BCUT2D eigenvalue weighted by molar-refractivity contribution is 7.99. The van der Waals surface area contributed by atoms with Crippen LogP contribution in [0, 0.1) is 11.3 Å². The van der Waals surface area contributed by atoms with Crippen molar-refractivity contribution in [2.24, 2.45) is 11.3 Å². The van der Waals surface area contributed by atoms with Crippen LogP contribution in [0.1, 0.15) is 40.5 Å². The first-order valence-corrected chi connectivity index (χ1v) is 8.43. The lowest BCUT2D eigenvalue weighted by atomic mass is 9.84. The van der Waals surface area contributed by atoms with Crippen LogP contribution in [0.15, 0.2) is 35.2 Å². The zero-order chi connectivity index (χ0) is 14.1. The van der Waals surface area contributed by atoms with E-state index in [0.29, 0.717) is 5.41 Å². The minimum Gasteiger partial charge on any atom is -0.316 e. The Morgan fingerprint density at radius 3 is 2.47 bits per heavy atom. The monoisotopic (exact) mass is 279 g/mol. The smallest absolute Gasteiger partial charge is 0.00719 e. The van der Waals surface area contributed by atoms with Gasteiger partial charge in [-0.25, -0.2) is 0 Å². The maximum absolute atomic E-state index is 3.62. The van der Waals surface area contributed by atoms with Gasteiger partial charge in [-0.2, -0.15) is 0 Å². The molecule has 0 saturated heterocycles. The van der Waals surface area contributed by atoms with E-state index in [2.05, 4.69) is 63.3 Å². The van der Waals surface area contributed by atoms with E-state index in [4.69, 9.17) is 0 Å². The molecule has 1 aromatic rings. The third-order valence-electron chi connectivity index (χ3n) is 3.68. The predicted octanol–water partition coefficient (Wildman–Crippen LogP) is 4.83. The largest absolute Gasteiger partial charge is 0.316 e. The third kappa shape index (κ3) is 7.03. The lowest BCUT2D eigenvalue weighted by Gasteiger charge is -2.29. The summed E-state index contributed by atoms with van der Waals surface area (Å²) in [5, 5.41) is 3.62. The van der Waals surface area contributed by atoms with Gasteiger partial charge >= 0.3 is 0 Å². The van der Waals surface area contributed by atoms with Gasteiger partial charge in [0.25, 0.3) is 0 Å². The molecule has 0 fully saturated rings. The molecule has 0 heterocycles. The first kappa shape index (κ1) is 16.6. The summed E-state index contributed by atoms with van der Waals surface area (Å²) in [4.78, 5) is 1.39. The van der Waals surface area contributed by atoms with Crippen LogP contribution in [0.2, 0.25) is 0 Å². The molecule has 2 heteroatoms. The van der Waals surface area contributed by atoms with E-state index >= 15 is 0 Å². The summed E-state index contributed by atoms with van der Waals surface area (Å²) in [6.07, 6.45) is 2.52. The molecule has 0 aromatic heterocycles. The summed E-state index contributed by atoms with van der Waals surface area (Å²) in [6, 6.07) is 10.7. The second kappa shape index (κ2) is 8.65. The Bertz CT molecular complexity index is 336. The fourth-order valence-corrected chi connectivity index (χ4v) is 3.16. The molecule has 108 valence electrons. The Hall–Kier alpha value is -0.470. The zero-order valence-corrected chi connectivity index (χ0v) is 13.7. The van der Waals surface area contributed by atoms with Crippen LogP contribution < -0.4 is 5.32 Å².